The molecular weight excluding hydrogens is 246 g/mol. The lowest BCUT2D eigenvalue weighted by molar-refractivity contribution is 0.151. The Kier molecular flexibility index (Phi) is 4.58. The smallest absolute Gasteiger partial charge is 0.263 e. The minimum atomic E-state index is -2.41. The fourth-order valence-corrected chi connectivity index (χ4v) is 1.79. The molecule has 0 unspecified atom stereocenters. The Labute approximate surface area is 111 Å². The summed E-state index contributed by atoms with van der Waals surface area (Å²) < 4.78 is 24.8. The summed E-state index contributed by atoms with van der Waals surface area (Å²) >= 11 is 0. The van der Waals surface area contributed by atoms with Crippen LogP contribution in [0, 0.1) is 0 Å². The van der Waals surface area contributed by atoms with Gasteiger partial charge in [0.25, 0.3) is 6.43 Å². The monoisotopic (exact) mass is 262 g/mol. The summed E-state index contributed by atoms with van der Waals surface area (Å²) in [5.74, 6) is 0. The molecule has 0 bridgehead atoms. The largest absolute Gasteiger partial charge is 0.305 e. The van der Waals surface area contributed by atoms with Crippen LogP contribution in [0.3, 0.4) is 0 Å². The molecule has 0 radical (unpaired) electrons. The van der Waals surface area contributed by atoms with Crippen LogP contribution >= 0.6 is 0 Å². The second-order valence-corrected chi connectivity index (χ2v) is 4.40. The van der Waals surface area contributed by atoms with Gasteiger partial charge in [0.05, 0.1) is 5.69 Å². The number of rotatable bonds is 5. The molecule has 2 aromatic rings. The SMILES string of the molecule is C[C@H](NCc1ccc(C(F)F)cc1)c1ccccn1. The van der Waals surface area contributed by atoms with Gasteiger partial charge in [0.1, 0.15) is 0 Å². The van der Waals surface area contributed by atoms with Crippen LogP contribution in [0.5, 0.6) is 0 Å². The van der Waals surface area contributed by atoms with E-state index in [2.05, 4.69) is 10.3 Å². The van der Waals surface area contributed by atoms with Gasteiger partial charge >= 0.3 is 0 Å². The highest BCUT2D eigenvalue weighted by molar-refractivity contribution is 5.23. The van der Waals surface area contributed by atoms with E-state index in [1.807, 2.05) is 25.1 Å². The Bertz CT molecular complexity index is 497. The molecule has 1 heterocycles. The first-order valence-corrected chi connectivity index (χ1v) is 6.18. The summed E-state index contributed by atoms with van der Waals surface area (Å²) in [5.41, 5.74) is 2.00. The van der Waals surface area contributed by atoms with E-state index in [1.165, 1.54) is 12.1 Å². The Morgan fingerprint density at radius 2 is 1.84 bits per heavy atom. The van der Waals surface area contributed by atoms with Gasteiger partial charge in [0.15, 0.2) is 0 Å². The third kappa shape index (κ3) is 3.83. The van der Waals surface area contributed by atoms with Crippen LogP contribution in [0.1, 0.15) is 36.2 Å². The number of hydrogen-bond acceptors (Lipinski definition) is 2. The number of aromatic nitrogens is 1. The number of benzene rings is 1. The summed E-state index contributed by atoms with van der Waals surface area (Å²) in [6.45, 7) is 2.65. The van der Waals surface area contributed by atoms with E-state index in [1.54, 1.807) is 18.3 Å². The lowest BCUT2D eigenvalue weighted by atomic mass is 10.1. The van der Waals surface area contributed by atoms with E-state index in [-0.39, 0.29) is 11.6 Å². The molecule has 4 heteroatoms. The zero-order valence-corrected chi connectivity index (χ0v) is 10.7. The zero-order chi connectivity index (χ0) is 13.7. The first-order chi connectivity index (χ1) is 9.16. The number of halogens is 2. The third-order valence-corrected chi connectivity index (χ3v) is 2.98. The predicted molar refractivity (Wildman–Crippen MR) is 70.9 cm³/mol. The lowest BCUT2D eigenvalue weighted by Crippen LogP contribution is -2.18. The molecule has 0 saturated carbocycles. The van der Waals surface area contributed by atoms with Crippen LogP contribution in [0.15, 0.2) is 48.7 Å². The molecule has 0 fully saturated rings. The molecule has 1 atom stereocenters. The summed E-state index contributed by atoms with van der Waals surface area (Å²) in [6, 6.07) is 12.3. The minimum absolute atomic E-state index is 0.0570. The Morgan fingerprint density at radius 1 is 1.11 bits per heavy atom. The Morgan fingerprint density at radius 3 is 2.42 bits per heavy atom. The van der Waals surface area contributed by atoms with Gasteiger partial charge in [-0.1, -0.05) is 30.3 Å². The normalized spacial score (nSPS) is 12.6. The fraction of sp³-hybridized carbons (Fsp3) is 0.267. The average Bonchev–Trinajstić information content (AvgIpc) is 2.46. The maximum absolute atomic E-state index is 12.4. The molecule has 0 aliphatic heterocycles. The average molecular weight is 262 g/mol. The van der Waals surface area contributed by atoms with Gasteiger partial charge in [-0.2, -0.15) is 0 Å². The van der Waals surface area contributed by atoms with Gasteiger partial charge in [0, 0.05) is 24.3 Å². The highest BCUT2D eigenvalue weighted by Gasteiger charge is 2.07. The van der Waals surface area contributed by atoms with E-state index in [0.717, 1.165) is 11.3 Å². The molecule has 2 rings (SSSR count). The van der Waals surface area contributed by atoms with Crippen molar-refractivity contribution in [1.29, 1.82) is 0 Å². The van der Waals surface area contributed by atoms with Crippen LogP contribution in [0.4, 0.5) is 8.78 Å². The molecule has 0 aliphatic carbocycles. The van der Waals surface area contributed by atoms with E-state index >= 15 is 0 Å². The molecule has 19 heavy (non-hydrogen) atoms. The number of pyridine rings is 1. The van der Waals surface area contributed by atoms with Crippen LogP contribution in [0.25, 0.3) is 0 Å². The molecule has 1 aromatic carbocycles. The van der Waals surface area contributed by atoms with Crippen molar-refractivity contribution in [3.63, 3.8) is 0 Å². The highest BCUT2D eigenvalue weighted by atomic mass is 19.3. The molecule has 2 nitrogen and oxygen atoms in total. The summed E-state index contributed by atoms with van der Waals surface area (Å²) in [4.78, 5) is 4.27. The molecule has 1 aromatic heterocycles. The van der Waals surface area contributed by atoms with Crippen molar-refractivity contribution >= 4 is 0 Å². The topological polar surface area (TPSA) is 24.9 Å². The lowest BCUT2D eigenvalue weighted by Gasteiger charge is -2.13. The Balaban J connectivity index is 1.92. The molecule has 0 amide bonds. The molecular formula is C15H16F2N2. The van der Waals surface area contributed by atoms with Crippen molar-refractivity contribution in [3.8, 4) is 0 Å². The predicted octanol–water partition coefficient (Wildman–Crippen LogP) is 3.87. The fourth-order valence-electron chi connectivity index (χ4n) is 1.79. The van der Waals surface area contributed by atoms with Crippen molar-refractivity contribution in [1.82, 2.24) is 10.3 Å². The number of hydrogen-bond donors (Lipinski definition) is 1. The van der Waals surface area contributed by atoms with E-state index in [9.17, 15) is 8.78 Å². The van der Waals surface area contributed by atoms with Gasteiger partial charge < -0.3 is 5.32 Å². The Hall–Kier alpha value is -1.81. The minimum Gasteiger partial charge on any atom is -0.305 e. The van der Waals surface area contributed by atoms with E-state index in [0.29, 0.717) is 6.54 Å². The van der Waals surface area contributed by atoms with Crippen molar-refractivity contribution < 1.29 is 8.78 Å². The number of nitrogens with zero attached hydrogens (tertiary/aromatic N) is 1. The maximum atomic E-state index is 12.4. The van der Waals surface area contributed by atoms with Crippen molar-refractivity contribution in [2.45, 2.75) is 25.9 Å². The molecule has 0 spiro atoms. The molecule has 1 N–H and O–H groups in total. The summed E-state index contributed by atoms with van der Waals surface area (Å²) in [7, 11) is 0. The maximum Gasteiger partial charge on any atom is 0.263 e. The van der Waals surface area contributed by atoms with Gasteiger partial charge in [-0.15, -0.1) is 0 Å². The van der Waals surface area contributed by atoms with E-state index < -0.39 is 6.43 Å². The summed E-state index contributed by atoms with van der Waals surface area (Å²) in [6.07, 6.45) is -0.653. The third-order valence-electron chi connectivity index (χ3n) is 2.98. The first-order valence-electron chi connectivity index (χ1n) is 6.18. The number of nitrogens with one attached hydrogen (secondary N) is 1. The van der Waals surface area contributed by atoms with Crippen molar-refractivity contribution in [3.05, 3.63) is 65.5 Å². The van der Waals surface area contributed by atoms with Crippen LogP contribution in [-0.2, 0) is 6.54 Å². The van der Waals surface area contributed by atoms with Crippen LogP contribution in [-0.4, -0.2) is 4.98 Å². The van der Waals surface area contributed by atoms with Gasteiger partial charge in [-0.25, -0.2) is 8.78 Å². The van der Waals surface area contributed by atoms with Gasteiger partial charge in [-0.3, -0.25) is 4.98 Å². The standard InChI is InChI=1S/C15H16F2N2/c1-11(14-4-2-3-9-18-14)19-10-12-5-7-13(8-6-12)15(16)17/h2-9,11,15,19H,10H2,1H3/t11-/m0/s1. The van der Waals surface area contributed by atoms with Crippen LogP contribution in [0.2, 0.25) is 0 Å². The van der Waals surface area contributed by atoms with Gasteiger partial charge in [0.2, 0.25) is 0 Å². The summed E-state index contributed by atoms with van der Waals surface area (Å²) in [5, 5.41) is 3.31. The number of alkyl halides is 2. The second-order valence-electron chi connectivity index (χ2n) is 4.40. The van der Waals surface area contributed by atoms with Crippen molar-refractivity contribution in [2.75, 3.05) is 0 Å². The quantitative estimate of drug-likeness (QED) is 0.884. The zero-order valence-electron chi connectivity index (χ0n) is 10.7. The molecule has 100 valence electrons. The van der Waals surface area contributed by atoms with Gasteiger partial charge in [-0.05, 0) is 24.6 Å². The van der Waals surface area contributed by atoms with E-state index in [4.69, 9.17) is 0 Å². The van der Waals surface area contributed by atoms with Crippen LogP contribution < -0.4 is 5.32 Å². The molecule has 0 aliphatic rings. The first kappa shape index (κ1) is 13.6. The highest BCUT2D eigenvalue weighted by Crippen LogP contribution is 2.19. The second kappa shape index (κ2) is 6.38. The molecule has 0 saturated heterocycles. The van der Waals surface area contributed by atoms with Crippen molar-refractivity contribution in [2.24, 2.45) is 0 Å².